The topological polar surface area (TPSA) is 86.1 Å². The fourth-order valence-corrected chi connectivity index (χ4v) is 2.23. The second kappa shape index (κ2) is 5.71. The smallest absolute Gasteiger partial charge is 0.227 e. The fourth-order valence-electron chi connectivity index (χ4n) is 2.23. The van der Waals surface area contributed by atoms with Crippen molar-refractivity contribution in [2.45, 2.75) is 13.3 Å². The van der Waals surface area contributed by atoms with E-state index >= 15 is 0 Å². The van der Waals surface area contributed by atoms with Crippen LogP contribution < -0.4 is 4.90 Å². The summed E-state index contributed by atoms with van der Waals surface area (Å²) in [5, 5.41) is 3.44. The van der Waals surface area contributed by atoms with Gasteiger partial charge in [-0.05, 0) is 36.6 Å². The molecule has 0 saturated carbocycles. The van der Waals surface area contributed by atoms with Crippen LogP contribution in [-0.2, 0) is 4.79 Å². The second-order valence-corrected chi connectivity index (χ2v) is 4.71. The highest BCUT2D eigenvalue weighted by atomic mass is 19.1. The van der Waals surface area contributed by atoms with E-state index in [0.29, 0.717) is 6.54 Å². The van der Waals surface area contributed by atoms with E-state index in [1.807, 2.05) is 0 Å². The molecule has 1 fully saturated rings. The summed E-state index contributed by atoms with van der Waals surface area (Å²) in [6.45, 7) is 1.88. The van der Waals surface area contributed by atoms with Crippen LogP contribution in [0.3, 0.4) is 0 Å². The number of benzene rings is 1. The van der Waals surface area contributed by atoms with Gasteiger partial charge in [0.25, 0.3) is 0 Å². The molecule has 0 radical (unpaired) electrons. The van der Waals surface area contributed by atoms with E-state index in [1.54, 1.807) is 0 Å². The average Bonchev–Trinajstić information content (AvgIpc) is 2.77. The number of anilines is 1. The first-order valence-corrected chi connectivity index (χ1v) is 6.14. The van der Waals surface area contributed by atoms with Crippen LogP contribution in [0.2, 0.25) is 0 Å². The molecule has 1 atom stereocenters. The lowest BCUT2D eigenvalue weighted by Gasteiger charge is -2.17. The molecular formula is C13H13FN4O2. The summed E-state index contributed by atoms with van der Waals surface area (Å²) in [5.41, 5.74) is 8.69. The standard InChI is InChI=1S/C13H13FN4O2/c1-8(19)10-2-3-12(11(14)5-10)18-7-9(4-13(18)20)6-16-17-15/h2-3,5,9H,4,6-7H2,1H3. The van der Waals surface area contributed by atoms with Gasteiger partial charge in [0.1, 0.15) is 5.82 Å². The van der Waals surface area contributed by atoms with E-state index in [9.17, 15) is 14.0 Å². The number of hydrogen-bond donors (Lipinski definition) is 0. The van der Waals surface area contributed by atoms with Crippen molar-refractivity contribution in [3.63, 3.8) is 0 Å². The second-order valence-electron chi connectivity index (χ2n) is 4.71. The van der Waals surface area contributed by atoms with E-state index in [0.717, 1.165) is 6.07 Å². The van der Waals surface area contributed by atoms with Gasteiger partial charge in [-0.2, -0.15) is 0 Å². The molecule has 0 bridgehead atoms. The Morgan fingerprint density at radius 2 is 2.35 bits per heavy atom. The third-order valence-corrected chi connectivity index (χ3v) is 3.25. The summed E-state index contributed by atoms with van der Waals surface area (Å²) in [5.74, 6) is -1.15. The summed E-state index contributed by atoms with van der Waals surface area (Å²) in [6, 6.07) is 4.06. The maximum atomic E-state index is 14.0. The highest BCUT2D eigenvalue weighted by molar-refractivity contribution is 5.98. The van der Waals surface area contributed by atoms with Crippen LogP contribution in [-0.4, -0.2) is 24.8 Å². The normalized spacial score (nSPS) is 18.0. The predicted octanol–water partition coefficient (Wildman–Crippen LogP) is 2.69. The van der Waals surface area contributed by atoms with Crippen molar-refractivity contribution in [1.82, 2.24) is 0 Å². The van der Waals surface area contributed by atoms with Crippen LogP contribution >= 0.6 is 0 Å². The van der Waals surface area contributed by atoms with E-state index in [4.69, 9.17) is 5.53 Å². The Bertz CT molecular complexity index is 610. The largest absolute Gasteiger partial charge is 0.309 e. The lowest BCUT2D eigenvalue weighted by Crippen LogP contribution is -2.25. The lowest BCUT2D eigenvalue weighted by atomic mass is 10.1. The number of Topliss-reactive ketones (excluding diaryl/α,β-unsaturated/α-hetero) is 1. The van der Waals surface area contributed by atoms with Crippen LogP contribution in [0, 0.1) is 11.7 Å². The summed E-state index contributed by atoms with van der Waals surface area (Å²) >= 11 is 0. The summed E-state index contributed by atoms with van der Waals surface area (Å²) in [6.07, 6.45) is 0.229. The van der Waals surface area contributed by atoms with Gasteiger partial charge in [-0.1, -0.05) is 5.11 Å². The minimum absolute atomic E-state index is 0.106. The number of nitrogens with zero attached hydrogens (tertiary/aromatic N) is 4. The number of amides is 1. The summed E-state index contributed by atoms with van der Waals surface area (Å²) < 4.78 is 14.0. The van der Waals surface area contributed by atoms with E-state index in [2.05, 4.69) is 10.0 Å². The van der Waals surface area contributed by atoms with Crippen LogP contribution in [0.25, 0.3) is 10.4 Å². The number of rotatable bonds is 4. The third kappa shape index (κ3) is 2.78. The Morgan fingerprint density at radius 1 is 1.60 bits per heavy atom. The zero-order chi connectivity index (χ0) is 14.7. The summed E-state index contributed by atoms with van der Waals surface area (Å²) in [7, 11) is 0. The first-order chi connectivity index (χ1) is 9.52. The lowest BCUT2D eigenvalue weighted by molar-refractivity contribution is -0.117. The van der Waals surface area contributed by atoms with Crippen molar-refractivity contribution >= 4 is 17.4 Å². The molecule has 1 aliphatic heterocycles. The van der Waals surface area contributed by atoms with Crippen molar-refractivity contribution in [3.05, 3.63) is 40.0 Å². The average molecular weight is 276 g/mol. The molecule has 0 aromatic heterocycles. The highest BCUT2D eigenvalue weighted by Gasteiger charge is 2.31. The first-order valence-electron chi connectivity index (χ1n) is 6.14. The van der Waals surface area contributed by atoms with Crippen molar-refractivity contribution in [2.75, 3.05) is 18.0 Å². The molecule has 1 aromatic rings. The Balaban J connectivity index is 2.21. The Morgan fingerprint density at radius 3 is 2.95 bits per heavy atom. The third-order valence-electron chi connectivity index (χ3n) is 3.25. The maximum absolute atomic E-state index is 14.0. The molecule has 104 valence electrons. The highest BCUT2D eigenvalue weighted by Crippen LogP contribution is 2.28. The quantitative estimate of drug-likeness (QED) is 0.366. The molecule has 1 amide bonds. The molecule has 0 aliphatic carbocycles. The van der Waals surface area contributed by atoms with Crippen LogP contribution in [0.5, 0.6) is 0 Å². The van der Waals surface area contributed by atoms with Crippen LogP contribution in [0.15, 0.2) is 23.3 Å². The van der Waals surface area contributed by atoms with Crippen molar-refractivity contribution < 1.29 is 14.0 Å². The SMILES string of the molecule is CC(=O)c1ccc(N2CC(CN=[N+]=[N-])CC2=O)c(F)c1. The van der Waals surface area contributed by atoms with Crippen LogP contribution in [0.1, 0.15) is 23.7 Å². The predicted molar refractivity (Wildman–Crippen MR) is 70.9 cm³/mol. The van der Waals surface area contributed by atoms with E-state index in [-0.39, 0.29) is 41.8 Å². The van der Waals surface area contributed by atoms with Gasteiger partial charge in [0.2, 0.25) is 5.91 Å². The van der Waals surface area contributed by atoms with Gasteiger partial charge in [0.15, 0.2) is 5.78 Å². The van der Waals surface area contributed by atoms with Gasteiger partial charge in [0.05, 0.1) is 5.69 Å². The molecule has 1 saturated heterocycles. The molecule has 20 heavy (non-hydrogen) atoms. The number of carbonyl (C=O) groups is 2. The minimum Gasteiger partial charge on any atom is -0.309 e. The number of halogens is 1. The number of carbonyl (C=O) groups excluding carboxylic acids is 2. The van der Waals surface area contributed by atoms with E-state index in [1.165, 1.54) is 24.0 Å². The monoisotopic (exact) mass is 276 g/mol. The van der Waals surface area contributed by atoms with Crippen LogP contribution in [0.4, 0.5) is 10.1 Å². The Labute approximate surface area is 114 Å². The molecule has 2 rings (SSSR count). The van der Waals surface area contributed by atoms with Gasteiger partial charge in [0, 0.05) is 30.0 Å². The molecule has 6 nitrogen and oxygen atoms in total. The molecule has 1 aliphatic rings. The Kier molecular flexibility index (Phi) is 4.00. The fraction of sp³-hybridized carbons (Fsp3) is 0.385. The zero-order valence-corrected chi connectivity index (χ0v) is 10.9. The van der Waals surface area contributed by atoms with Gasteiger partial charge < -0.3 is 4.90 Å². The minimum atomic E-state index is -0.601. The van der Waals surface area contributed by atoms with Gasteiger partial charge in [-0.25, -0.2) is 4.39 Å². The number of hydrogen-bond acceptors (Lipinski definition) is 3. The number of ketones is 1. The first kappa shape index (κ1) is 14.0. The van der Waals surface area contributed by atoms with E-state index < -0.39 is 5.82 Å². The van der Waals surface area contributed by atoms with Gasteiger partial charge in [-0.3, -0.25) is 9.59 Å². The van der Waals surface area contributed by atoms with Crippen molar-refractivity contribution in [2.24, 2.45) is 11.0 Å². The van der Waals surface area contributed by atoms with Crippen molar-refractivity contribution in [3.8, 4) is 0 Å². The molecule has 1 aromatic carbocycles. The van der Waals surface area contributed by atoms with Gasteiger partial charge in [-0.15, -0.1) is 0 Å². The molecule has 1 heterocycles. The van der Waals surface area contributed by atoms with Gasteiger partial charge >= 0.3 is 0 Å². The summed E-state index contributed by atoms with van der Waals surface area (Å²) in [4.78, 5) is 27.0. The Hall–Kier alpha value is -2.40. The maximum Gasteiger partial charge on any atom is 0.227 e. The zero-order valence-electron chi connectivity index (χ0n) is 10.9. The molecule has 7 heteroatoms. The molecule has 0 N–H and O–H groups in total. The number of azide groups is 1. The molecule has 1 unspecified atom stereocenters. The van der Waals surface area contributed by atoms with Crippen molar-refractivity contribution in [1.29, 1.82) is 0 Å². The molecule has 0 spiro atoms. The molecular weight excluding hydrogens is 263 g/mol.